The normalized spacial score (nSPS) is 20.4. The average Bonchev–Trinajstić information content (AvgIpc) is 3.23. The van der Waals surface area contributed by atoms with Gasteiger partial charge in [-0.05, 0) is 30.5 Å². The molecule has 1 saturated heterocycles. The Morgan fingerprint density at radius 1 is 1.46 bits per heavy atom. The number of nitrogens with zero attached hydrogens (tertiary/aromatic N) is 1. The maximum absolute atomic E-state index is 12.7. The number of rotatable bonds is 5. The number of amides is 2. The van der Waals surface area contributed by atoms with Crippen molar-refractivity contribution in [2.45, 2.75) is 45.2 Å². The molecule has 0 aliphatic carbocycles. The van der Waals surface area contributed by atoms with Gasteiger partial charge in [-0.15, -0.1) is 11.8 Å². The number of benzene rings is 1. The van der Waals surface area contributed by atoms with Gasteiger partial charge in [0.2, 0.25) is 11.8 Å². The number of thioether (sulfide) groups is 1. The van der Waals surface area contributed by atoms with Crippen molar-refractivity contribution in [1.82, 2.24) is 10.2 Å². The molecule has 5 nitrogen and oxygen atoms in total. The standard InChI is InChI=1S/C18H24N2O3S/c1-3-12(2)19-18(22)15-10-24-11-20(15)17(21)9-13-4-5-16-14(8-13)6-7-23-16/h4-5,8,12,15H,3,6-7,9-11H2,1-2H3,(H,19,22)/t12-,15+/m1/s1. The van der Waals surface area contributed by atoms with Gasteiger partial charge >= 0.3 is 0 Å². The zero-order chi connectivity index (χ0) is 17.1. The third kappa shape index (κ3) is 3.69. The number of ether oxygens (including phenoxy) is 1. The maximum Gasteiger partial charge on any atom is 0.243 e. The molecule has 0 radical (unpaired) electrons. The molecule has 0 unspecified atom stereocenters. The van der Waals surface area contributed by atoms with Crippen LogP contribution in [0.15, 0.2) is 18.2 Å². The summed E-state index contributed by atoms with van der Waals surface area (Å²) < 4.78 is 5.50. The molecule has 0 aromatic heterocycles. The number of carbonyl (C=O) groups excluding carboxylic acids is 2. The summed E-state index contributed by atoms with van der Waals surface area (Å²) in [6.45, 7) is 4.74. The molecular formula is C18H24N2O3S. The largest absolute Gasteiger partial charge is 0.493 e. The van der Waals surface area contributed by atoms with Crippen molar-refractivity contribution in [2.24, 2.45) is 0 Å². The summed E-state index contributed by atoms with van der Waals surface area (Å²) in [4.78, 5) is 26.8. The van der Waals surface area contributed by atoms with Crippen LogP contribution in [-0.4, -0.2) is 47.0 Å². The van der Waals surface area contributed by atoms with Gasteiger partial charge in [0, 0.05) is 18.2 Å². The predicted octanol–water partition coefficient (Wildman–Crippen LogP) is 1.98. The second-order valence-electron chi connectivity index (χ2n) is 6.41. The number of nitrogens with one attached hydrogen (secondary N) is 1. The van der Waals surface area contributed by atoms with Crippen molar-refractivity contribution in [1.29, 1.82) is 0 Å². The number of carbonyl (C=O) groups is 2. The molecule has 1 aromatic carbocycles. The van der Waals surface area contributed by atoms with E-state index in [1.54, 1.807) is 16.7 Å². The van der Waals surface area contributed by atoms with Crippen molar-refractivity contribution in [3.63, 3.8) is 0 Å². The minimum Gasteiger partial charge on any atom is -0.493 e. The van der Waals surface area contributed by atoms with Gasteiger partial charge in [-0.3, -0.25) is 9.59 Å². The molecule has 2 heterocycles. The molecule has 2 aliphatic heterocycles. The predicted molar refractivity (Wildman–Crippen MR) is 95.2 cm³/mol. The third-order valence-corrected chi connectivity index (χ3v) is 5.63. The molecule has 6 heteroatoms. The summed E-state index contributed by atoms with van der Waals surface area (Å²) in [6.07, 6.45) is 2.12. The quantitative estimate of drug-likeness (QED) is 0.884. The fourth-order valence-corrected chi connectivity index (χ4v) is 4.15. The SMILES string of the molecule is CC[C@@H](C)NC(=O)[C@@H]1CSCN1C(=O)Cc1ccc2c(c1)CCO2. The summed E-state index contributed by atoms with van der Waals surface area (Å²) in [5.74, 6) is 2.17. The molecule has 2 amide bonds. The van der Waals surface area contributed by atoms with E-state index in [9.17, 15) is 9.59 Å². The number of hydrogen-bond donors (Lipinski definition) is 1. The lowest BCUT2D eigenvalue weighted by molar-refractivity contribution is -0.137. The van der Waals surface area contributed by atoms with E-state index in [-0.39, 0.29) is 23.9 Å². The van der Waals surface area contributed by atoms with Crippen molar-refractivity contribution >= 4 is 23.6 Å². The molecule has 1 aromatic rings. The Morgan fingerprint density at radius 3 is 3.08 bits per heavy atom. The van der Waals surface area contributed by atoms with Gasteiger partial charge in [0.25, 0.3) is 0 Å². The first kappa shape index (κ1) is 17.1. The Balaban J connectivity index is 1.64. The highest BCUT2D eigenvalue weighted by molar-refractivity contribution is 7.99. The van der Waals surface area contributed by atoms with Crippen LogP contribution in [0, 0.1) is 0 Å². The van der Waals surface area contributed by atoms with Crippen molar-refractivity contribution < 1.29 is 14.3 Å². The van der Waals surface area contributed by atoms with E-state index in [2.05, 4.69) is 11.4 Å². The van der Waals surface area contributed by atoms with E-state index in [1.165, 1.54) is 5.56 Å². The first-order chi connectivity index (χ1) is 11.6. The van der Waals surface area contributed by atoms with Crippen LogP contribution >= 0.6 is 11.8 Å². The molecule has 0 spiro atoms. The average molecular weight is 348 g/mol. The molecule has 3 rings (SSSR count). The fraction of sp³-hybridized carbons (Fsp3) is 0.556. The van der Waals surface area contributed by atoms with Gasteiger partial charge in [-0.2, -0.15) is 0 Å². The van der Waals surface area contributed by atoms with E-state index < -0.39 is 0 Å². The third-order valence-electron chi connectivity index (χ3n) is 4.62. The Hall–Kier alpha value is -1.69. The molecule has 2 aliphatic rings. The van der Waals surface area contributed by atoms with E-state index in [0.717, 1.165) is 24.2 Å². The Bertz CT molecular complexity index is 635. The summed E-state index contributed by atoms with van der Waals surface area (Å²) in [5, 5.41) is 2.99. The lowest BCUT2D eigenvalue weighted by atomic mass is 10.1. The molecular weight excluding hydrogens is 324 g/mol. The first-order valence-corrected chi connectivity index (χ1v) is 9.66. The number of hydrogen-bond acceptors (Lipinski definition) is 4. The van der Waals surface area contributed by atoms with Crippen LogP contribution in [0.25, 0.3) is 0 Å². The lowest BCUT2D eigenvalue weighted by Crippen LogP contribution is -2.49. The highest BCUT2D eigenvalue weighted by Crippen LogP contribution is 2.27. The minimum absolute atomic E-state index is 0.0168. The van der Waals surface area contributed by atoms with E-state index >= 15 is 0 Å². The topological polar surface area (TPSA) is 58.6 Å². The van der Waals surface area contributed by atoms with Gasteiger partial charge in [0.1, 0.15) is 11.8 Å². The van der Waals surface area contributed by atoms with Crippen LogP contribution in [0.3, 0.4) is 0 Å². The molecule has 0 saturated carbocycles. The van der Waals surface area contributed by atoms with Crippen LogP contribution in [-0.2, 0) is 22.4 Å². The van der Waals surface area contributed by atoms with Gasteiger partial charge in [-0.1, -0.05) is 19.1 Å². The maximum atomic E-state index is 12.7. The van der Waals surface area contributed by atoms with Crippen molar-refractivity contribution in [3.8, 4) is 5.75 Å². The second kappa shape index (κ2) is 7.47. The Kier molecular flexibility index (Phi) is 5.33. The second-order valence-corrected chi connectivity index (χ2v) is 7.41. The highest BCUT2D eigenvalue weighted by Gasteiger charge is 2.34. The van der Waals surface area contributed by atoms with Crippen LogP contribution in [0.4, 0.5) is 0 Å². The van der Waals surface area contributed by atoms with Crippen LogP contribution in [0.5, 0.6) is 5.75 Å². The van der Waals surface area contributed by atoms with Crippen LogP contribution in [0.2, 0.25) is 0 Å². The molecule has 1 fully saturated rings. The van der Waals surface area contributed by atoms with Gasteiger partial charge in [0.05, 0.1) is 18.9 Å². The van der Waals surface area contributed by atoms with Crippen LogP contribution in [0.1, 0.15) is 31.4 Å². The monoisotopic (exact) mass is 348 g/mol. The Labute approximate surface area is 147 Å². The molecule has 0 bridgehead atoms. The van der Waals surface area contributed by atoms with Crippen molar-refractivity contribution in [2.75, 3.05) is 18.2 Å². The summed E-state index contributed by atoms with van der Waals surface area (Å²) in [7, 11) is 0. The molecule has 130 valence electrons. The van der Waals surface area contributed by atoms with E-state index in [1.807, 2.05) is 26.0 Å². The van der Waals surface area contributed by atoms with Gasteiger partial charge in [-0.25, -0.2) is 0 Å². The Morgan fingerprint density at radius 2 is 2.29 bits per heavy atom. The van der Waals surface area contributed by atoms with E-state index in [0.29, 0.717) is 24.7 Å². The van der Waals surface area contributed by atoms with Gasteiger partial charge in [0.15, 0.2) is 0 Å². The fourth-order valence-electron chi connectivity index (χ4n) is 2.97. The lowest BCUT2D eigenvalue weighted by Gasteiger charge is -2.24. The first-order valence-electron chi connectivity index (χ1n) is 8.50. The zero-order valence-electron chi connectivity index (χ0n) is 14.2. The van der Waals surface area contributed by atoms with Crippen LogP contribution < -0.4 is 10.1 Å². The summed E-state index contributed by atoms with van der Waals surface area (Å²) in [6, 6.07) is 5.72. The highest BCUT2D eigenvalue weighted by atomic mass is 32.2. The molecule has 24 heavy (non-hydrogen) atoms. The number of fused-ring (bicyclic) bond motifs is 1. The van der Waals surface area contributed by atoms with Crippen molar-refractivity contribution in [3.05, 3.63) is 29.3 Å². The summed E-state index contributed by atoms with van der Waals surface area (Å²) >= 11 is 1.64. The van der Waals surface area contributed by atoms with Gasteiger partial charge < -0.3 is 15.0 Å². The zero-order valence-corrected chi connectivity index (χ0v) is 15.0. The summed E-state index contributed by atoms with van der Waals surface area (Å²) in [5.41, 5.74) is 2.16. The minimum atomic E-state index is -0.353. The molecule has 2 atom stereocenters. The van der Waals surface area contributed by atoms with E-state index in [4.69, 9.17) is 4.74 Å². The molecule has 1 N–H and O–H groups in total. The smallest absolute Gasteiger partial charge is 0.243 e.